The Bertz CT molecular complexity index is 305. The topological polar surface area (TPSA) is 26.3 Å². The molecule has 0 radical (unpaired) electrons. The molecule has 1 rings (SSSR count). The van der Waals surface area contributed by atoms with Gasteiger partial charge in [-0.2, -0.15) is 0 Å². The van der Waals surface area contributed by atoms with E-state index in [0.29, 0.717) is 0 Å². The Hall–Kier alpha value is -1.09. The Balaban J connectivity index is 2.93. The van der Waals surface area contributed by atoms with E-state index >= 15 is 0 Å². The zero-order valence-electron chi connectivity index (χ0n) is 7.01. The number of hydrogen-bond acceptors (Lipinski definition) is 2. The second-order valence-electron chi connectivity index (χ2n) is 2.45. The van der Waals surface area contributed by atoms with Gasteiger partial charge in [-0.1, -0.05) is 17.7 Å². The summed E-state index contributed by atoms with van der Waals surface area (Å²) in [7, 11) is 1.25. The molecule has 0 aromatic heterocycles. The summed E-state index contributed by atoms with van der Waals surface area (Å²) < 4.78 is 17.5. The highest BCUT2D eigenvalue weighted by Crippen LogP contribution is 2.19. The monoisotopic (exact) mass is 202 g/mol. The van der Waals surface area contributed by atoms with Crippen LogP contribution in [0.1, 0.15) is 5.56 Å². The number of halogens is 2. The van der Waals surface area contributed by atoms with Crippen LogP contribution in [0.3, 0.4) is 0 Å². The molecule has 0 amide bonds. The van der Waals surface area contributed by atoms with Gasteiger partial charge in [-0.25, -0.2) is 4.39 Å². The summed E-state index contributed by atoms with van der Waals surface area (Å²) in [4.78, 5) is 10.8. The van der Waals surface area contributed by atoms with Crippen LogP contribution < -0.4 is 0 Å². The van der Waals surface area contributed by atoms with Gasteiger partial charge in [-0.05, 0) is 12.1 Å². The van der Waals surface area contributed by atoms with Crippen molar-refractivity contribution in [1.82, 2.24) is 0 Å². The van der Waals surface area contributed by atoms with E-state index in [-0.39, 0.29) is 17.0 Å². The van der Waals surface area contributed by atoms with Crippen molar-refractivity contribution in [3.8, 4) is 0 Å². The normalized spacial score (nSPS) is 9.77. The average molecular weight is 203 g/mol. The van der Waals surface area contributed by atoms with Crippen LogP contribution in [0, 0.1) is 5.82 Å². The van der Waals surface area contributed by atoms with Crippen molar-refractivity contribution in [2.24, 2.45) is 0 Å². The fraction of sp³-hybridized carbons (Fsp3) is 0.222. The summed E-state index contributed by atoms with van der Waals surface area (Å²) in [5, 5.41) is 0.241. The first-order valence-corrected chi connectivity index (χ1v) is 4.02. The molecule has 0 saturated heterocycles. The van der Waals surface area contributed by atoms with Crippen LogP contribution in [-0.2, 0) is 16.0 Å². The van der Waals surface area contributed by atoms with Gasteiger partial charge in [-0.3, -0.25) is 4.79 Å². The van der Waals surface area contributed by atoms with E-state index in [4.69, 9.17) is 11.6 Å². The number of hydrogen-bond donors (Lipinski definition) is 0. The maximum atomic E-state index is 13.1. The smallest absolute Gasteiger partial charge is 0.310 e. The molecule has 1 aromatic carbocycles. The quantitative estimate of drug-likeness (QED) is 0.688. The van der Waals surface area contributed by atoms with E-state index in [1.165, 1.54) is 25.3 Å². The van der Waals surface area contributed by atoms with E-state index < -0.39 is 11.8 Å². The maximum absolute atomic E-state index is 13.1. The number of rotatable bonds is 2. The molecule has 0 aliphatic heterocycles. The van der Waals surface area contributed by atoms with Crippen molar-refractivity contribution in [2.75, 3.05) is 7.11 Å². The van der Waals surface area contributed by atoms with E-state index in [0.717, 1.165) is 0 Å². The van der Waals surface area contributed by atoms with Crippen molar-refractivity contribution >= 4 is 17.6 Å². The van der Waals surface area contributed by atoms with Gasteiger partial charge >= 0.3 is 5.97 Å². The second-order valence-corrected chi connectivity index (χ2v) is 2.86. The molecular formula is C9H8ClFO2. The van der Waals surface area contributed by atoms with E-state index in [2.05, 4.69) is 4.74 Å². The first-order chi connectivity index (χ1) is 6.15. The predicted molar refractivity (Wildman–Crippen MR) is 47.1 cm³/mol. The van der Waals surface area contributed by atoms with Crippen LogP contribution >= 0.6 is 11.6 Å². The molecule has 0 fully saturated rings. The molecule has 2 nitrogen and oxygen atoms in total. The lowest BCUT2D eigenvalue weighted by Gasteiger charge is -2.03. The van der Waals surface area contributed by atoms with Gasteiger partial charge in [0.25, 0.3) is 0 Å². The van der Waals surface area contributed by atoms with Crippen LogP contribution in [0.25, 0.3) is 0 Å². The molecule has 0 spiro atoms. The van der Waals surface area contributed by atoms with Crippen molar-refractivity contribution in [3.05, 3.63) is 34.6 Å². The predicted octanol–water partition coefficient (Wildman–Crippen LogP) is 2.19. The Kier molecular flexibility index (Phi) is 3.25. The number of carbonyl (C=O) groups is 1. The lowest BCUT2D eigenvalue weighted by molar-refractivity contribution is -0.139. The Labute approximate surface area is 80.3 Å². The summed E-state index contributed by atoms with van der Waals surface area (Å²) in [5.74, 6) is -0.995. The molecular weight excluding hydrogens is 195 g/mol. The second kappa shape index (κ2) is 4.23. The number of benzene rings is 1. The number of ether oxygens (including phenoxy) is 1. The lowest BCUT2D eigenvalue weighted by atomic mass is 10.1. The Morgan fingerprint density at radius 1 is 1.62 bits per heavy atom. The molecule has 0 bridgehead atoms. The molecule has 0 aliphatic carbocycles. The van der Waals surface area contributed by atoms with Crippen LogP contribution in [0.4, 0.5) is 4.39 Å². The third kappa shape index (κ3) is 2.42. The molecule has 0 N–H and O–H groups in total. The molecule has 4 heteroatoms. The first kappa shape index (κ1) is 9.99. The van der Waals surface area contributed by atoms with Crippen LogP contribution in [-0.4, -0.2) is 13.1 Å². The molecule has 0 atom stereocenters. The zero-order valence-corrected chi connectivity index (χ0v) is 7.77. The number of carbonyl (C=O) groups excluding carboxylic acids is 1. The third-order valence-electron chi connectivity index (χ3n) is 1.61. The van der Waals surface area contributed by atoms with Crippen molar-refractivity contribution in [3.63, 3.8) is 0 Å². The number of methoxy groups -OCH3 is 1. The molecule has 70 valence electrons. The van der Waals surface area contributed by atoms with Gasteiger partial charge in [0.05, 0.1) is 13.5 Å². The van der Waals surface area contributed by atoms with Crippen LogP contribution in [0.2, 0.25) is 5.02 Å². The summed E-state index contributed by atoms with van der Waals surface area (Å²) in [6.07, 6.45) is -0.137. The maximum Gasteiger partial charge on any atom is 0.310 e. The van der Waals surface area contributed by atoms with Crippen LogP contribution in [0.15, 0.2) is 18.2 Å². The SMILES string of the molecule is COC(=O)Cc1c(F)cccc1Cl. The summed E-state index contributed by atoms with van der Waals surface area (Å²) >= 11 is 5.68. The minimum absolute atomic E-state index is 0.137. The highest BCUT2D eigenvalue weighted by atomic mass is 35.5. The van der Waals surface area contributed by atoms with Crippen LogP contribution in [0.5, 0.6) is 0 Å². The van der Waals surface area contributed by atoms with Gasteiger partial charge in [0, 0.05) is 10.6 Å². The number of esters is 1. The summed E-state index contributed by atoms with van der Waals surface area (Å²) in [6.45, 7) is 0. The Morgan fingerprint density at radius 3 is 2.85 bits per heavy atom. The minimum atomic E-state index is -0.507. The molecule has 13 heavy (non-hydrogen) atoms. The van der Waals surface area contributed by atoms with Gasteiger partial charge in [-0.15, -0.1) is 0 Å². The molecule has 0 aliphatic rings. The lowest BCUT2D eigenvalue weighted by Crippen LogP contribution is -2.06. The highest BCUT2D eigenvalue weighted by molar-refractivity contribution is 6.31. The Morgan fingerprint density at radius 2 is 2.31 bits per heavy atom. The van der Waals surface area contributed by atoms with Gasteiger partial charge < -0.3 is 4.74 Å². The van der Waals surface area contributed by atoms with E-state index in [1.807, 2.05) is 0 Å². The molecule has 0 unspecified atom stereocenters. The third-order valence-corrected chi connectivity index (χ3v) is 1.96. The van der Waals surface area contributed by atoms with Crippen molar-refractivity contribution in [1.29, 1.82) is 0 Å². The summed E-state index contributed by atoms with van der Waals surface area (Å²) in [6, 6.07) is 4.27. The highest BCUT2D eigenvalue weighted by Gasteiger charge is 2.11. The van der Waals surface area contributed by atoms with E-state index in [9.17, 15) is 9.18 Å². The van der Waals surface area contributed by atoms with Crippen molar-refractivity contribution < 1.29 is 13.9 Å². The molecule has 0 heterocycles. The minimum Gasteiger partial charge on any atom is -0.469 e. The fourth-order valence-electron chi connectivity index (χ4n) is 0.918. The fourth-order valence-corrected chi connectivity index (χ4v) is 1.15. The van der Waals surface area contributed by atoms with Gasteiger partial charge in [0.1, 0.15) is 5.82 Å². The van der Waals surface area contributed by atoms with Crippen molar-refractivity contribution in [2.45, 2.75) is 6.42 Å². The average Bonchev–Trinajstić information content (AvgIpc) is 2.11. The van der Waals surface area contributed by atoms with Gasteiger partial charge in [0.15, 0.2) is 0 Å². The molecule has 0 saturated carbocycles. The van der Waals surface area contributed by atoms with E-state index in [1.54, 1.807) is 0 Å². The largest absolute Gasteiger partial charge is 0.469 e. The van der Waals surface area contributed by atoms with Gasteiger partial charge in [0.2, 0.25) is 0 Å². The molecule has 1 aromatic rings. The standard InChI is InChI=1S/C9H8ClFO2/c1-13-9(12)5-6-7(10)3-2-4-8(6)11/h2-4H,5H2,1H3. The summed E-state index contributed by atoms with van der Waals surface area (Å²) in [5.41, 5.74) is 0.177. The zero-order chi connectivity index (χ0) is 9.84. The first-order valence-electron chi connectivity index (χ1n) is 3.65.